The Kier molecular flexibility index (Phi) is 2.92. The standard InChI is InChI=1S/C13H12N4O2S/c14-20(18,19)10-6-7-11-12(8-10)17-13(16-11)15-9-4-2-1-3-5-9/h1-8H,(H2,14,18,19)(H2,15,16,17). The molecule has 0 aliphatic rings. The van der Waals surface area contributed by atoms with E-state index in [0.717, 1.165) is 11.2 Å². The molecule has 0 unspecified atom stereocenters. The summed E-state index contributed by atoms with van der Waals surface area (Å²) in [6.07, 6.45) is 0. The molecule has 0 saturated heterocycles. The minimum Gasteiger partial charge on any atom is -0.326 e. The fourth-order valence-electron chi connectivity index (χ4n) is 1.88. The van der Waals surface area contributed by atoms with E-state index < -0.39 is 10.0 Å². The molecule has 3 rings (SSSR count). The van der Waals surface area contributed by atoms with Crippen molar-refractivity contribution in [3.05, 3.63) is 48.5 Å². The summed E-state index contributed by atoms with van der Waals surface area (Å²) in [4.78, 5) is 7.40. The highest BCUT2D eigenvalue weighted by molar-refractivity contribution is 7.89. The van der Waals surface area contributed by atoms with Crippen molar-refractivity contribution in [2.75, 3.05) is 5.32 Å². The Labute approximate surface area is 115 Å². The molecule has 7 heteroatoms. The van der Waals surface area contributed by atoms with Gasteiger partial charge in [0.2, 0.25) is 16.0 Å². The van der Waals surface area contributed by atoms with Crippen LogP contribution in [0.15, 0.2) is 53.4 Å². The predicted octanol–water partition coefficient (Wildman–Crippen LogP) is 1.95. The Balaban J connectivity index is 1.99. The van der Waals surface area contributed by atoms with E-state index >= 15 is 0 Å². The maximum atomic E-state index is 11.3. The van der Waals surface area contributed by atoms with Gasteiger partial charge in [0.25, 0.3) is 0 Å². The quantitative estimate of drug-likeness (QED) is 0.685. The first-order chi connectivity index (χ1) is 9.52. The minimum atomic E-state index is -3.72. The van der Waals surface area contributed by atoms with Crippen molar-refractivity contribution in [1.29, 1.82) is 0 Å². The molecule has 0 aliphatic heterocycles. The molecule has 20 heavy (non-hydrogen) atoms. The number of anilines is 2. The highest BCUT2D eigenvalue weighted by Crippen LogP contribution is 2.20. The highest BCUT2D eigenvalue weighted by atomic mass is 32.2. The number of sulfonamides is 1. The Morgan fingerprint density at radius 2 is 1.85 bits per heavy atom. The molecule has 2 aromatic carbocycles. The first-order valence-corrected chi connectivity index (χ1v) is 7.42. The number of primary sulfonamides is 1. The van der Waals surface area contributed by atoms with Crippen LogP contribution < -0.4 is 10.5 Å². The third-order valence-corrected chi connectivity index (χ3v) is 3.73. The lowest BCUT2D eigenvalue weighted by Crippen LogP contribution is -2.11. The average Bonchev–Trinajstić information content (AvgIpc) is 2.80. The van der Waals surface area contributed by atoms with E-state index in [1.807, 2.05) is 30.3 Å². The third-order valence-electron chi connectivity index (χ3n) is 2.82. The van der Waals surface area contributed by atoms with Crippen LogP contribution in [0.3, 0.4) is 0 Å². The van der Waals surface area contributed by atoms with Crippen LogP contribution in [-0.2, 0) is 10.0 Å². The van der Waals surface area contributed by atoms with Gasteiger partial charge < -0.3 is 10.3 Å². The minimum absolute atomic E-state index is 0.0442. The summed E-state index contributed by atoms with van der Waals surface area (Å²) in [5.74, 6) is 0.540. The van der Waals surface area contributed by atoms with E-state index in [0.29, 0.717) is 11.5 Å². The van der Waals surface area contributed by atoms with Crippen LogP contribution in [0.1, 0.15) is 0 Å². The second-order valence-electron chi connectivity index (χ2n) is 4.30. The Morgan fingerprint density at radius 3 is 2.55 bits per heavy atom. The Bertz CT molecular complexity index is 856. The van der Waals surface area contributed by atoms with Crippen molar-refractivity contribution < 1.29 is 8.42 Å². The maximum Gasteiger partial charge on any atom is 0.238 e. The lowest BCUT2D eigenvalue weighted by molar-refractivity contribution is 0.598. The van der Waals surface area contributed by atoms with Gasteiger partial charge in [-0.05, 0) is 30.3 Å². The van der Waals surface area contributed by atoms with Crippen molar-refractivity contribution in [2.24, 2.45) is 5.14 Å². The van der Waals surface area contributed by atoms with E-state index in [2.05, 4.69) is 15.3 Å². The van der Waals surface area contributed by atoms with Gasteiger partial charge in [-0.15, -0.1) is 0 Å². The van der Waals surface area contributed by atoms with Crippen LogP contribution in [0.4, 0.5) is 11.6 Å². The van der Waals surface area contributed by atoms with Gasteiger partial charge in [-0.1, -0.05) is 18.2 Å². The van der Waals surface area contributed by atoms with Crippen molar-refractivity contribution in [2.45, 2.75) is 4.90 Å². The summed E-state index contributed by atoms with van der Waals surface area (Å²) in [5, 5.41) is 8.20. The number of nitrogens with two attached hydrogens (primary N) is 1. The number of rotatable bonds is 3. The Morgan fingerprint density at radius 1 is 1.10 bits per heavy atom. The largest absolute Gasteiger partial charge is 0.326 e. The zero-order valence-corrected chi connectivity index (χ0v) is 11.2. The molecule has 0 aliphatic carbocycles. The number of nitrogens with one attached hydrogen (secondary N) is 2. The van der Waals surface area contributed by atoms with Crippen molar-refractivity contribution in [3.63, 3.8) is 0 Å². The summed E-state index contributed by atoms with van der Waals surface area (Å²) >= 11 is 0. The van der Waals surface area contributed by atoms with Crippen LogP contribution in [0.5, 0.6) is 0 Å². The average molecular weight is 288 g/mol. The molecule has 0 atom stereocenters. The van der Waals surface area contributed by atoms with Gasteiger partial charge in [-0.2, -0.15) is 0 Å². The SMILES string of the molecule is NS(=O)(=O)c1ccc2[nH]c(Nc3ccccc3)nc2c1. The number of aromatic amines is 1. The molecule has 1 heterocycles. The molecule has 4 N–H and O–H groups in total. The fourth-order valence-corrected chi connectivity index (χ4v) is 2.41. The van der Waals surface area contributed by atoms with E-state index in [9.17, 15) is 8.42 Å². The summed E-state index contributed by atoms with van der Waals surface area (Å²) < 4.78 is 22.6. The monoisotopic (exact) mass is 288 g/mol. The van der Waals surface area contributed by atoms with Gasteiger partial charge in [-0.25, -0.2) is 18.5 Å². The van der Waals surface area contributed by atoms with Gasteiger partial charge in [0.1, 0.15) is 0 Å². The van der Waals surface area contributed by atoms with E-state index in [4.69, 9.17) is 5.14 Å². The third kappa shape index (κ3) is 2.49. The van der Waals surface area contributed by atoms with E-state index in [-0.39, 0.29) is 4.90 Å². The first kappa shape index (κ1) is 12.6. The van der Waals surface area contributed by atoms with E-state index in [1.54, 1.807) is 6.07 Å². The van der Waals surface area contributed by atoms with Gasteiger partial charge in [0, 0.05) is 5.69 Å². The molecule has 6 nitrogen and oxygen atoms in total. The molecular weight excluding hydrogens is 276 g/mol. The number of H-pyrrole nitrogens is 1. The molecule has 102 valence electrons. The summed E-state index contributed by atoms with van der Waals surface area (Å²) in [5.41, 5.74) is 2.16. The van der Waals surface area contributed by atoms with Crippen LogP contribution in [0.25, 0.3) is 11.0 Å². The van der Waals surface area contributed by atoms with E-state index in [1.165, 1.54) is 12.1 Å². The normalized spacial score (nSPS) is 11.7. The first-order valence-electron chi connectivity index (χ1n) is 5.87. The smallest absolute Gasteiger partial charge is 0.238 e. The molecule has 1 aromatic heterocycles. The number of imidazole rings is 1. The molecule has 0 bridgehead atoms. The number of aromatic nitrogens is 2. The fraction of sp³-hybridized carbons (Fsp3) is 0. The van der Waals surface area contributed by atoms with Crippen molar-refractivity contribution >= 4 is 32.7 Å². The number of para-hydroxylation sites is 1. The topological polar surface area (TPSA) is 101 Å². The molecular formula is C13H12N4O2S. The number of hydrogen-bond acceptors (Lipinski definition) is 4. The summed E-state index contributed by atoms with van der Waals surface area (Å²) in [6.45, 7) is 0. The summed E-state index contributed by atoms with van der Waals surface area (Å²) in [6, 6.07) is 14.1. The second kappa shape index (κ2) is 4.62. The number of fused-ring (bicyclic) bond motifs is 1. The van der Waals surface area contributed by atoms with Crippen LogP contribution in [0, 0.1) is 0 Å². The van der Waals surface area contributed by atoms with Crippen molar-refractivity contribution in [1.82, 2.24) is 9.97 Å². The highest BCUT2D eigenvalue weighted by Gasteiger charge is 2.10. The number of benzene rings is 2. The molecule has 3 aromatic rings. The molecule has 0 saturated carbocycles. The maximum absolute atomic E-state index is 11.3. The molecule has 0 radical (unpaired) electrons. The van der Waals surface area contributed by atoms with Crippen LogP contribution >= 0.6 is 0 Å². The second-order valence-corrected chi connectivity index (χ2v) is 5.86. The van der Waals surface area contributed by atoms with Crippen molar-refractivity contribution in [3.8, 4) is 0 Å². The number of hydrogen-bond donors (Lipinski definition) is 3. The van der Waals surface area contributed by atoms with Gasteiger partial charge in [0.05, 0.1) is 15.9 Å². The zero-order valence-electron chi connectivity index (χ0n) is 10.4. The lowest BCUT2D eigenvalue weighted by Gasteiger charge is -2.00. The number of nitrogens with zero attached hydrogens (tertiary/aromatic N) is 1. The van der Waals surface area contributed by atoms with Gasteiger partial charge in [-0.3, -0.25) is 0 Å². The summed E-state index contributed by atoms with van der Waals surface area (Å²) in [7, 11) is -3.72. The zero-order chi connectivity index (χ0) is 14.2. The van der Waals surface area contributed by atoms with Gasteiger partial charge in [0.15, 0.2) is 0 Å². The molecule has 0 fully saturated rings. The van der Waals surface area contributed by atoms with Crippen LogP contribution in [-0.4, -0.2) is 18.4 Å². The predicted molar refractivity (Wildman–Crippen MR) is 77.2 cm³/mol. The van der Waals surface area contributed by atoms with Gasteiger partial charge >= 0.3 is 0 Å². The molecule has 0 amide bonds. The lowest BCUT2D eigenvalue weighted by atomic mass is 10.3. The van der Waals surface area contributed by atoms with Crippen LogP contribution in [0.2, 0.25) is 0 Å². The molecule has 0 spiro atoms. The Hall–Kier alpha value is -2.38.